The summed E-state index contributed by atoms with van der Waals surface area (Å²) in [5.41, 5.74) is 0. The maximum absolute atomic E-state index is 2.30. The van der Waals surface area contributed by atoms with Gasteiger partial charge in [0.05, 0.1) is 0 Å². The Hall–Kier alpha value is 0.350. The Kier molecular flexibility index (Phi) is 12.2. The number of hydrogen-bond donors (Lipinski definition) is 0. The van der Waals surface area contributed by atoms with Crippen LogP contribution in [0.1, 0.15) is 96.8 Å². The molecule has 0 aromatic heterocycles. The molecule has 1 fully saturated rings. The standard InChI is InChI=1S/C18H37S/c1-2-3-4-5-6-7-8-9-10-11-12-13-16-19-17-14-15-18-19/h2-18H2,1H3/q+1. The van der Waals surface area contributed by atoms with E-state index in [1.54, 1.807) is 17.3 Å². The largest absolute Gasteiger partial charge is 0.108 e. The van der Waals surface area contributed by atoms with Crippen molar-refractivity contribution in [3.63, 3.8) is 0 Å². The van der Waals surface area contributed by atoms with E-state index < -0.39 is 0 Å². The van der Waals surface area contributed by atoms with Gasteiger partial charge in [0.25, 0.3) is 0 Å². The Morgan fingerprint density at radius 3 is 1.47 bits per heavy atom. The van der Waals surface area contributed by atoms with Crippen LogP contribution in [-0.2, 0) is 10.9 Å². The van der Waals surface area contributed by atoms with E-state index in [9.17, 15) is 0 Å². The second-order valence-corrected chi connectivity index (χ2v) is 8.77. The molecular formula is C18H37S+. The van der Waals surface area contributed by atoms with Gasteiger partial charge in [-0.25, -0.2) is 0 Å². The van der Waals surface area contributed by atoms with Crippen molar-refractivity contribution < 1.29 is 0 Å². The minimum absolute atomic E-state index is 0.858. The Bertz CT molecular complexity index is 173. The molecule has 0 spiro atoms. The third-order valence-corrected chi connectivity index (χ3v) is 7.00. The van der Waals surface area contributed by atoms with Crippen LogP contribution in [0.25, 0.3) is 0 Å². The zero-order chi connectivity index (χ0) is 13.6. The van der Waals surface area contributed by atoms with Crippen LogP contribution in [-0.4, -0.2) is 17.3 Å². The van der Waals surface area contributed by atoms with Crippen molar-refractivity contribution in [2.45, 2.75) is 96.8 Å². The molecule has 0 nitrogen and oxygen atoms in total. The van der Waals surface area contributed by atoms with Crippen molar-refractivity contribution in [2.24, 2.45) is 0 Å². The molecule has 1 aliphatic heterocycles. The van der Waals surface area contributed by atoms with Gasteiger partial charge in [0.15, 0.2) is 0 Å². The normalized spacial score (nSPS) is 16.3. The highest BCUT2D eigenvalue weighted by Gasteiger charge is 2.22. The molecule has 114 valence electrons. The molecule has 1 heterocycles. The van der Waals surface area contributed by atoms with Gasteiger partial charge >= 0.3 is 0 Å². The van der Waals surface area contributed by atoms with Gasteiger partial charge in [-0.2, -0.15) is 0 Å². The van der Waals surface area contributed by atoms with E-state index >= 15 is 0 Å². The number of rotatable bonds is 13. The molecule has 0 aromatic rings. The fourth-order valence-electron chi connectivity index (χ4n) is 3.07. The maximum Gasteiger partial charge on any atom is 0.108 e. The predicted octanol–water partition coefficient (Wildman–Crippen LogP) is 6.10. The molecule has 0 saturated carbocycles. The lowest BCUT2D eigenvalue weighted by atomic mass is 10.1. The van der Waals surface area contributed by atoms with E-state index in [1.165, 1.54) is 89.9 Å². The summed E-state index contributed by atoms with van der Waals surface area (Å²) < 4.78 is 0. The first-order chi connectivity index (χ1) is 9.43. The molecule has 1 heteroatoms. The van der Waals surface area contributed by atoms with Crippen molar-refractivity contribution in [3.05, 3.63) is 0 Å². The van der Waals surface area contributed by atoms with Crippen molar-refractivity contribution >= 4 is 10.9 Å². The Morgan fingerprint density at radius 2 is 1.00 bits per heavy atom. The smallest absolute Gasteiger partial charge is 0.0654 e. The van der Waals surface area contributed by atoms with Gasteiger partial charge in [0, 0.05) is 0 Å². The molecule has 0 amide bonds. The van der Waals surface area contributed by atoms with Crippen LogP contribution in [0.15, 0.2) is 0 Å². The van der Waals surface area contributed by atoms with Gasteiger partial charge in [-0.3, -0.25) is 0 Å². The number of hydrogen-bond acceptors (Lipinski definition) is 0. The molecule has 19 heavy (non-hydrogen) atoms. The Balaban J connectivity index is 1.67. The summed E-state index contributed by atoms with van der Waals surface area (Å²) in [7, 11) is 0.858. The molecule has 0 unspecified atom stereocenters. The molecule has 1 saturated heterocycles. The summed E-state index contributed by atoms with van der Waals surface area (Å²) in [6, 6.07) is 0. The van der Waals surface area contributed by atoms with Crippen molar-refractivity contribution in [1.82, 2.24) is 0 Å². The van der Waals surface area contributed by atoms with Crippen LogP contribution < -0.4 is 0 Å². The second kappa shape index (κ2) is 13.3. The minimum Gasteiger partial charge on any atom is -0.0654 e. The molecule has 0 radical (unpaired) electrons. The molecular weight excluding hydrogens is 248 g/mol. The zero-order valence-electron chi connectivity index (χ0n) is 13.4. The lowest BCUT2D eigenvalue weighted by Crippen LogP contribution is -2.08. The van der Waals surface area contributed by atoms with E-state index in [2.05, 4.69) is 6.92 Å². The van der Waals surface area contributed by atoms with Crippen LogP contribution in [0.5, 0.6) is 0 Å². The fraction of sp³-hybridized carbons (Fsp3) is 1.00. The molecule has 1 aliphatic rings. The lowest BCUT2D eigenvalue weighted by molar-refractivity contribution is 0.548. The van der Waals surface area contributed by atoms with Crippen molar-refractivity contribution in [2.75, 3.05) is 17.3 Å². The molecule has 0 aliphatic carbocycles. The third-order valence-electron chi connectivity index (χ3n) is 4.40. The van der Waals surface area contributed by atoms with E-state index in [0.29, 0.717) is 0 Å². The van der Waals surface area contributed by atoms with Gasteiger partial charge in [-0.15, -0.1) is 0 Å². The van der Waals surface area contributed by atoms with Gasteiger partial charge in [0.1, 0.15) is 17.3 Å². The average molecular weight is 286 g/mol. The van der Waals surface area contributed by atoms with Crippen LogP contribution in [0.4, 0.5) is 0 Å². The van der Waals surface area contributed by atoms with E-state index in [-0.39, 0.29) is 0 Å². The summed E-state index contributed by atoms with van der Waals surface area (Å²) >= 11 is 0. The summed E-state index contributed by atoms with van der Waals surface area (Å²) in [4.78, 5) is 0. The summed E-state index contributed by atoms with van der Waals surface area (Å²) in [6.45, 7) is 2.30. The Morgan fingerprint density at radius 1 is 0.579 bits per heavy atom. The first-order valence-electron chi connectivity index (χ1n) is 9.07. The van der Waals surface area contributed by atoms with Gasteiger partial charge in [-0.1, -0.05) is 71.1 Å². The molecule has 0 atom stereocenters. The number of unbranched alkanes of at least 4 members (excludes halogenated alkanes) is 11. The van der Waals surface area contributed by atoms with Crippen LogP contribution >= 0.6 is 0 Å². The van der Waals surface area contributed by atoms with Gasteiger partial charge in [0.2, 0.25) is 0 Å². The van der Waals surface area contributed by atoms with E-state index in [0.717, 1.165) is 10.9 Å². The molecule has 0 aromatic carbocycles. The highest BCUT2D eigenvalue weighted by molar-refractivity contribution is 7.97. The lowest BCUT2D eigenvalue weighted by Gasteiger charge is -2.03. The van der Waals surface area contributed by atoms with Gasteiger partial charge < -0.3 is 0 Å². The summed E-state index contributed by atoms with van der Waals surface area (Å²) in [5, 5.41) is 0. The summed E-state index contributed by atoms with van der Waals surface area (Å²) in [5.74, 6) is 4.70. The predicted molar refractivity (Wildman–Crippen MR) is 92.3 cm³/mol. The average Bonchev–Trinajstić information content (AvgIpc) is 2.93. The van der Waals surface area contributed by atoms with Crippen LogP contribution in [0.3, 0.4) is 0 Å². The zero-order valence-corrected chi connectivity index (χ0v) is 14.2. The van der Waals surface area contributed by atoms with Gasteiger partial charge in [-0.05, 0) is 36.6 Å². The SMILES string of the molecule is CCCCCCCCCCCCCC[S+]1CCCC1. The summed E-state index contributed by atoms with van der Waals surface area (Å²) in [6.07, 6.45) is 20.9. The van der Waals surface area contributed by atoms with E-state index in [4.69, 9.17) is 0 Å². The minimum atomic E-state index is 0.858. The third kappa shape index (κ3) is 10.8. The van der Waals surface area contributed by atoms with Crippen molar-refractivity contribution in [3.8, 4) is 0 Å². The van der Waals surface area contributed by atoms with Crippen LogP contribution in [0.2, 0.25) is 0 Å². The topological polar surface area (TPSA) is 0 Å². The fourth-order valence-corrected chi connectivity index (χ4v) is 5.52. The highest BCUT2D eigenvalue weighted by Crippen LogP contribution is 2.16. The maximum atomic E-state index is 2.30. The highest BCUT2D eigenvalue weighted by atomic mass is 32.2. The Labute approximate surface area is 125 Å². The first-order valence-corrected chi connectivity index (χ1v) is 10.8. The van der Waals surface area contributed by atoms with Crippen molar-refractivity contribution in [1.29, 1.82) is 0 Å². The first kappa shape index (κ1) is 17.4. The molecule has 1 rings (SSSR count). The van der Waals surface area contributed by atoms with Crippen LogP contribution in [0, 0.1) is 0 Å². The second-order valence-electron chi connectivity index (χ2n) is 6.32. The monoisotopic (exact) mass is 285 g/mol. The molecule has 0 bridgehead atoms. The quantitative estimate of drug-likeness (QED) is 0.283. The van der Waals surface area contributed by atoms with E-state index in [1.807, 2.05) is 0 Å². The molecule has 0 N–H and O–H groups in total.